The van der Waals surface area contributed by atoms with Gasteiger partial charge in [-0.25, -0.2) is 0 Å². The van der Waals surface area contributed by atoms with Gasteiger partial charge in [-0.15, -0.1) is 0 Å². The fourth-order valence-electron chi connectivity index (χ4n) is 5.12. The van der Waals surface area contributed by atoms with Crippen molar-refractivity contribution >= 4 is 45.8 Å². The Kier molecular flexibility index (Phi) is 10.2. The molecule has 0 bridgehead atoms. The summed E-state index contributed by atoms with van der Waals surface area (Å²) in [7, 11) is -4.39. The van der Waals surface area contributed by atoms with Gasteiger partial charge in [-0.05, 0) is 60.8 Å². The Morgan fingerprint density at radius 2 is 1.15 bits per heavy atom. The maximum atomic E-state index is 13.2. The SMILES string of the molecule is CCCC(CCc1ccccc1P(c1ccccc1)c1ccccc1)N1C(=O)c2ccccc2C1=O.CS(=O)(=O)O. The van der Waals surface area contributed by atoms with Crippen molar-refractivity contribution in [3.63, 3.8) is 0 Å². The number of amides is 2. The summed E-state index contributed by atoms with van der Waals surface area (Å²) in [6.07, 6.45) is 4.00. The number of imide groups is 1. The average molecular weight is 588 g/mol. The summed E-state index contributed by atoms with van der Waals surface area (Å²) in [5.74, 6) is -0.309. The molecule has 1 N–H and O–H groups in total. The Morgan fingerprint density at radius 1 is 0.707 bits per heavy atom. The summed E-state index contributed by atoms with van der Waals surface area (Å²) >= 11 is 0. The maximum absolute atomic E-state index is 13.2. The van der Waals surface area contributed by atoms with Gasteiger partial charge in [0.05, 0.1) is 17.4 Å². The summed E-state index contributed by atoms with van der Waals surface area (Å²) in [6, 6.07) is 37.2. The molecule has 2 amide bonds. The van der Waals surface area contributed by atoms with Crippen LogP contribution in [0.5, 0.6) is 0 Å². The van der Waals surface area contributed by atoms with Crippen molar-refractivity contribution in [3.8, 4) is 0 Å². The highest BCUT2D eigenvalue weighted by Gasteiger charge is 2.39. The van der Waals surface area contributed by atoms with E-state index in [1.807, 2.05) is 12.1 Å². The minimum absolute atomic E-state index is 0.116. The molecule has 8 heteroatoms. The first kappa shape index (κ1) is 30.3. The quantitative estimate of drug-likeness (QED) is 0.162. The van der Waals surface area contributed by atoms with Crippen LogP contribution in [0.2, 0.25) is 0 Å². The normalized spacial score (nSPS) is 13.5. The van der Waals surface area contributed by atoms with Crippen molar-refractivity contribution in [2.45, 2.75) is 38.6 Å². The average Bonchev–Trinajstić information content (AvgIpc) is 3.22. The molecule has 4 aromatic rings. The number of rotatable bonds is 9. The molecule has 0 radical (unpaired) electrons. The Balaban J connectivity index is 0.000000714. The summed E-state index contributed by atoms with van der Waals surface area (Å²) in [6.45, 7) is 2.11. The molecule has 41 heavy (non-hydrogen) atoms. The molecule has 0 fully saturated rings. The topological polar surface area (TPSA) is 91.8 Å². The Bertz CT molecular complexity index is 1510. The van der Waals surface area contributed by atoms with Crippen molar-refractivity contribution in [1.29, 1.82) is 0 Å². The van der Waals surface area contributed by atoms with Gasteiger partial charge in [0.2, 0.25) is 0 Å². The third-order valence-corrected chi connectivity index (χ3v) is 9.37. The van der Waals surface area contributed by atoms with Gasteiger partial charge in [-0.2, -0.15) is 8.42 Å². The monoisotopic (exact) mass is 587 g/mol. The van der Waals surface area contributed by atoms with E-state index in [9.17, 15) is 18.0 Å². The van der Waals surface area contributed by atoms with E-state index < -0.39 is 18.0 Å². The first-order valence-corrected chi connectivity index (χ1v) is 16.8. The number of fused-ring (bicyclic) bond motifs is 1. The third-order valence-electron chi connectivity index (χ3n) is 6.82. The lowest BCUT2D eigenvalue weighted by Crippen LogP contribution is -2.40. The summed E-state index contributed by atoms with van der Waals surface area (Å²) < 4.78 is 25.9. The fraction of sp³-hybridized carbons (Fsp3) is 0.212. The van der Waals surface area contributed by atoms with E-state index in [-0.39, 0.29) is 17.9 Å². The van der Waals surface area contributed by atoms with E-state index in [1.165, 1.54) is 26.4 Å². The molecule has 1 atom stereocenters. The minimum atomic E-state index is -3.67. The van der Waals surface area contributed by atoms with Crippen molar-refractivity contribution in [1.82, 2.24) is 4.90 Å². The van der Waals surface area contributed by atoms with Crippen LogP contribution in [0, 0.1) is 0 Å². The zero-order valence-corrected chi connectivity index (χ0v) is 24.9. The van der Waals surface area contributed by atoms with Crippen LogP contribution in [0.3, 0.4) is 0 Å². The smallest absolute Gasteiger partial charge is 0.261 e. The van der Waals surface area contributed by atoms with Crippen LogP contribution in [0.15, 0.2) is 109 Å². The standard InChI is InChI=1S/C32H30NO2P.CH4O3S/c1-2-13-25(33-31(34)28-19-10-11-20-29(28)32(33)35)23-22-24-14-9-12-21-30(24)36(26-15-5-3-6-16-26)27-17-7-4-8-18-27;1-5(2,3)4/h3-12,14-21,25H,2,13,22-23H2,1H3;1H3,(H,2,3,4). The minimum Gasteiger partial charge on any atom is -0.286 e. The molecule has 0 aliphatic carbocycles. The van der Waals surface area contributed by atoms with Crippen molar-refractivity contribution in [3.05, 3.63) is 126 Å². The first-order valence-electron chi connectivity index (χ1n) is 13.6. The Labute approximate surface area is 243 Å². The fourth-order valence-corrected chi connectivity index (χ4v) is 7.62. The number of carbonyl (C=O) groups is 2. The Hall–Kier alpha value is -3.64. The molecular formula is C33H34NO5PS. The predicted octanol–water partition coefficient (Wildman–Crippen LogP) is 5.35. The van der Waals surface area contributed by atoms with Crippen LogP contribution in [0.4, 0.5) is 0 Å². The van der Waals surface area contributed by atoms with Crippen LogP contribution >= 0.6 is 7.92 Å². The zero-order valence-electron chi connectivity index (χ0n) is 23.2. The van der Waals surface area contributed by atoms with Gasteiger partial charge in [0.1, 0.15) is 0 Å². The lowest BCUT2D eigenvalue weighted by molar-refractivity contribution is 0.0567. The second-order valence-electron chi connectivity index (χ2n) is 9.88. The van der Waals surface area contributed by atoms with Gasteiger partial charge in [-0.3, -0.25) is 19.0 Å². The van der Waals surface area contributed by atoms with E-state index in [0.29, 0.717) is 17.4 Å². The van der Waals surface area contributed by atoms with Crippen molar-refractivity contribution < 1.29 is 22.6 Å². The summed E-state index contributed by atoms with van der Waals surface area (Å²) in [4.78, 5) is 27.9. The van der Waals surface area contributed by atoms with Gasteiger partial charge in [0.15, 0.2) is 0 Å². The zero-order chi connectivity index (χ0) is 29.4. The van der Waals surface area contributed by atoms with Crippen LogP contribution in [0.1, 0.15) is 52.5 Å². The molecule has 0 aromatic heterocycles. The number of hydrogen-bond acceptors (Lipinski definition) is 4. The number of aryl methyl sites for hydroxylation is 1. The molecule has 1 heterocycles. The van der Waals surface area contributed by atoms with Crippen molar-refractivity contribution in [2.24, 2.45) is 0 Å². The third kappa shape index (κ3) is 7.76. The summed E-state index contributed by atoms with van der Waals surface area (Å²) in [5.41, 5.74) is 2.34. The maximum Gasteiger partial charge on any atom is 0.261 e. The van der Waals surface area contributed by atoms with Gasteiger partial charge in [0.25, 0.3) is 21.9 Å². The van der Waals surface area contributed by atoms with Crippen LogP contribution in [0.25, 0.3) is 0 Å². The van der Waals surface area contributed by atoms with Gasteiger partial charge >= 0.3 is 0 Å². The highest BCUT2D eigenvalue weighted by atomic mass is 32.2. The second kappa shape index (κ2) is 13.8. The van der Waals surface area contributed by atoms with Gasteiger partial charge in [0, 0.05) is 6.04 Å². The van der Waals surface area contributed by atoms with E-state index in [1.54, 1.807) is 12.1 Å². The van der Waals surface area contributed by atoms with Crippen LogP contribution in [-0.2, 0) is 16.5 Å². The number of nitrogens with zero attached hydrogens (tertiary/aromatic N) is 1. The molecule has 5 rings (SSSR count). The highest BCUT2D eigenvalue weighted by Crippen LogP contribution is 2.35. The van der Waals surface area contributed by atoms with Crippen molar-refractivity contribution in [2.75, 3.05) is 6.26 Å². The summed E-state index contributed by atoms with van der Waals surface area (Å²) in [5, 5.41) is 3.97. The molecule has 6 nitrogen and oxygen atoms in total. The number of benzene rings is 4. The molecule has 0 saturated carbocycles. The highest BCUT2D eigenvalue weighted by molar-refractivity contribution is 7.85. The molecule has 0 spiro atoms. The molecule has 1 aliphatic rings. The van der Waals surface area contributed by atoms with E-state index >= 15 is 0 Å². The van der Waals surface area contributed by atoms with Crippen LogP contribution in [-0.4, -0.2) is 42.0 Å². The van der Waals surface area contributed by atoms with E-state index in [4.69, 9.17) is 4.55 Å². The lowest BCUT2D eigenvalue weighted by atomic mass is 10.0. The van der Waals surface area contributed by atoms with E-state index in [0.717, 1.165) is 25.7 Å². The molecule has 4 aromatic carbocycles. The lowest BCUT2D eigenvalue weighted by Gasteiger charge is -2.27. The Morgan fingerprint density at radius 3 is 1.63 bits per heavy atom. The predicted molar refractivity (Wildman–Crippen MR) is 167 cm³/mol. The molecule has 1 unspecified atom stereocenters. The number of hydrogen-bond donors (Lipinski definition) is 1. The first-order chi connectivity index (χ1) is 19.7. The largest absolute Gasteiger partial charge is 0.286 e. The van der Waals surface area contributed by atoms with Gasteiger partial charge < -0.3 is 0 Å². The molecular weight excluding hydrogens is 553 g/mol. The van der Waals surface area contributed by atoms with Crippen LogP contribution < -0.4 is 15.9 Å². The van der Waals surface area contributed by atoms with Gasteiger partial charge in [-0.1, -0.05) is 110 Å². The number of carbonyl (C=O) groups excluding carboxylic acids is 2. The second-order valence-corrected chi connectivity index (χ2v) is 13.5. The van der Waals surface area contributed by atoms with E-state index in [2.05, 4.69) is 91.9 Å². The molecule has 212 valence electrons. The molecule has 0 saturated heterocycles. The molecule has 1 aliphatic heterocycles.